The normalized spacial score (nSPS) is 25.1. The van der Waals surface area contributed by atoms with Crippen molar-refractivity contribution in [3.05, 3.63) is 11.6 Å². The lowest BCUT2D eigenvalue weighted by Crippen LogP contribution is -1.84. The molecule has 1 fully saturated rings. The molecule has 8 heavy (non-hydrogen) atoms. The van der Waals surface area contributed by atoms with E-state index in [1.54, 1.807) is 0 Å². The molecular formula is C6H8OS. The summed E-state index contributed by atoms with van der Waals surface area (Å²) in [7, 11) is 0. The minimum Gasteiger partial charge on any atom is -0.282 e. The molecule has 0 aliphatic carbocycles. The van der Waals surface area contributed by atoms with Gasteiger partial charge in [0.1, 0.15) is 0 Å². The summed E-state index contributed by atoms with van der Waals surface area (Å²) in [5, 5.41) is 0.271. The second-order valence-electron chi connectivity index (χ2n) is 1.70. The monoisotopic (exact) mass is 128 g/mol. The molecular weight excluding hydrogens is 120 g/mol. The van der Waals surface area contributed by atoms with Crippen LogP contribution in [-0.4, -0.2) is 10.9 Å². The van der Waals surface area contributed by atoms with Crippen molar-refractivity contribution < 1.29 is 4.79 Å². The summed E-state index contributed by atoms with van der Waals surface area (Å²) in [6.07, 6.45) is 2.88. The van der Waals surface area contributed by atoms with Gasteiger partial charge in [0.25, 0.3) is 0 Å². The predicted octanol–water partition coefficient (Wildman–Crippen LogP) is 1.60. The Balaban J connectivity index is 2.69. The Morgan fingerprint density at radius 1 is 1.75 bits per heavy atom. The first-order valence-corrected chi connectivity index (χ1v) is 3.65. The molecule has 0 saturated carbocycles. The number of hydrogen-bond donors (Lipinski definition) is 0. The SMILES string of the molecule is CC=C1CCSC1=O. The van der Waals surface area contributed by atoms with Crippen LogP contribution in [0.1, 0.15) is 13.3 Å². The Bertz CT molecular complexity index is 137. The van der Waals surface area contributed by atoms with Gasteiger partial charge in [-0.1, -0.05) is 17.8 Å². The Morgan fingerprint density at radius 3 is 2.75 bits per heavy atom. The van der Waals surface area contributed by atoms with Gasteiger partial charge in [0.05, 0.1) is 0 Å². The molecule has 1 saturated heterocycles. The van der Waals surface area contributed by atoms with E-state index in [1.807, 2.05) is 13.0 Å². The van der Waals surface area contributed by atoms with Crippen molar-refractivity contribution in [2.45, 2.75) is 13.3 Å². The van der Waals surface area contributed by atoms with E-state index in [-0.39, 0.29) is 5.12 Å². The molecule has 1 aliphatic rings. The average molecular weight is 128 g/mol. The molecule has 2 heteroatoms. The quantitative estimate of drug-likeness (QED) is 0.461. The van der Waals surface area contributed by atoms with Gasteiger partial charge in [-0.2, -0.15) is 0 Å². The fourth-order valence-corrected chi connectivity index (χ4v) is 1.62. The number of thioether (sulfide) groups is 1. The van der Waals surface area contributed by atoms with Gasteiger partial charge in [-0.05, 0) is 13.3 Å². The summed E-state index contributed by atoms with van der Waals surface area (Å²) in [6.45, 7) is 1.92. The van der Waals surface area contributed by atoms with Crippen LogP contribution in [0.5, 0.6) is 0 Å². The van der Waals surface area contributed by atoms with Gasteiger partial charge in [0.2, 0.25) is 5.12 Å². The Hall–Kier alpha value is -0.240. The van der Waals surface area contributed by atoms with Crippen molar-refractivity contribution in [2.75, 3.05) is 5.75 Å². The highest BCUT2D eigenvalue weighted by Gasteiger charge is 2.15. The lowest BCUT2D eigenvalue weighted by atomic mass is 10.2. The fourth-order valence-electron chi connectivity index (χ4n) is 0.711. The van der Waals surface area contributed by atoms with E-state index in [1.165, 1.54) is 11.8 Å². The summed E-state index contributed by atoms with van der Waals surface area (Å²) >= 11 is 1.42. The third kappa shape index (κ3) is 0.944. The van der Waals surface area contributed by atoms with Crippen molar-refractivity contribution in [1.29, 1.82) is 0 Å². The van der Waals surface area contributed by atoms with Gasteiger partial charge in [0, 0.05) is 11.3 Å². The molecule has 0 bridgehead atoms. The van der Waals surface area contributed by atoms with E-state index in [0.29, 0.717) is 0 Å². The van der Waals surface area contributed by atoms with Crippen LogP contribution < -0.4 is 0 Å². The summed E-state index contributed by atoms with van der Waals surface area (Å²) in [4.78, 5) is 10.7. The van der Waals surface area contributed by atoms with E-state index in [4.69, 9.17) is 0 Å². The molecule has 1 aliphatic heterocycles. The highest BCUT2D eigenvalue weighted by Crippen LogP contribution is 2.23. The van der Waals surface area contributed by atoms with Gasteiger partial charge >= 0.3 is 0 Å². The number of carbonyl (C=O) groups is 1. The van der Waals surface area contributed by atoms with Crippen molar-refractivity contribution >= 4 is 16.9 Å². The van der Waals surface area contributed by atoms with Gasteiger partial charge < -0.3 is 0 Å². The van der Waals surface area contributed by atoms with Crippen LogP contribution in [-0.2, 0) is 4.79 Å². The predicted molar refractivity (Wildman–Crippen MR) is 35.8 cm³/mol. The minimum atomic E-state index is 0.271. The molecule has 1 heterocycles. The highest BCUT2D eigenvalue weighted by atomic mass is 32.2. The second kappa shape index (κ2) is 2.35. The number of carbonyl (C=O) groups excluding carboxylic acids is 1. The van der Waals surface area contributed by atoms with Crippen molar-refractivity contribution in [2.24, 2.45) is 0 Å². The maximum atomic E-state index is 10.7. The van der Waals surface area contributed by atoms with Gasteiger partial charge in [-0.3, -0.25) is 4.79 Å². The van der Waals surface area contributed by atoms with Crippen LogP contribution in [0.15, 0.2) is 11.6 Å². The number of rotatable bonds is 0. The van der Waals surface area contributed by atoms with Gasteiger partial charge in [-0.15, -0.1) is 0 Å². The highest BCUT2D eigenvalue weighted by molar-refractivity contribution is 8.14. The van der Waals surface area contributed by atoms with E-state index in [2.05, 4.69) is 0 Å². The van der Waals surface area contributed by atoms with Crippen LogP contribution >= 0.6 is 11.8 Å². The van der Waals surface area contributed by atoms with Crippen LogP contribution in [0, 0.1) is 0 Å². The molecule has 0 aromatic heterocycles. The minimum absolute atomic E-state index is 0.271. The van der Waals surface area contributed by atoms with E-state index in [0.717, 1.165) is 17.7 Å². The number of allylic oxidation sites excluding steroid dienone is 1. The molecule has 0 radical (unpaired) electrons. The first-order chi connectivity index (χ1) is 3.84. The largest absolute Gasteiger partial charge is 0.282 e. The molecule has 0 unspecified atom stereocenters. The first-order valence-electron chi connectivity index (χ1n) is 2.67. The zero-order chi connectivity index (χ0) is 5.98. The molecule has 1 rings (SSSR count). The van der Waals surface area contributed by atoms with E-state index < -0.39 is 0 Å². The Labute approximate surface area is 53.2 Å². The van der Waals surface area contributed by atoms with Gasteiger partial charge in [0.15, 0.2) is 0 Å². The third-order valence-corrected chi connectivity index (χ3v) is 2.15. The zero-order valence-electron chi connectivity index (χ0n) is 4.81. The molecule has 1 nitrogen and oxygen atoms in total. The van der Waals surface area contributed by atoms with Crippen LogP contribution in [0.2, 0.25) is 0 Å². The van der Waals surface area contributed by atoms with Crippen molar-refractivity contribution in [1.82, 2.24) is 0 Å². The molecule has 44 valence electrons. The van der Waals surface area contributed by atoms with E-state index >= 15 is 0 Å². The zero-order valence-corrected chi connectivity index (χ0v) is 5.62. The molecule has 0 aromatic carbocycles. The molecule has 0 N–H and O–H groups in total. The molecule has 0 spiro atoms. The van der Waals surface area contributed by atoms with Crippen LogP contribution in [0.3, 0.4) is 0 Å². The Morgan fingerprint density at radius 2 is 2.50 bits per heavy atom. The van der Waals surface area contributed by atoms with E-state index in [9.17, 15) is 4.79 Å². The maximum absolute atomic E-state index is 10.7. The number of hydrogen-bond acceptors (Lipinski definition) is 2. The smallest absolute Gasteiger partial charge is 0.215 e. The molecule has 0 aromatic rings. The van der Waals surface area contributed by atoms with Crippen molar-refractivity contribution in [3.8, 4) is 0 Å². The lowest BCUT2D eigenvalue weighted by Gasteiger charge is -1.83. The lowest BCUT2D eigenvalue weighted by molar-refractivity contribution is -0.107. The molecule has 0 atom stereocenters. The second-order valence-corrected chi connectivity index (χ2v) is 2.77. The van der Waals surface area contributed by atoms with Gasteiger partial charge in [-0.25, -0.2) is 0 Å². The van der Waals surface area contributed by atoms with Crippen LogP contribution in [0.4, 0.5) is 0 Å². The maximum Gasteiger partial charge on any atom is 0.215 e. The Kier molecular flexibility index (Phi) is 1.73. The van der Waals surface area contributed by atoms with Crippen LogP contribution in [0.25, 0.3) is 0 Å². The fraction of sp³-hybridized carbons (Fsp3) is 0.500. The summed E-state index contributed by atoms with van der Waals surface area (Å²) < 4.78 is 0. The summed E-state index contributed by atoms with van der Waals surface area (Å²) in [5.41, 5.74) is 0.995. The standard InChI is InChI=1S/C6H8OS/c1-2-5-3-4-8-6(5)7/h2H,3-4H2,1H3. The summed E-state index contributed by atoms with van der Waals surface area (Å²) in [6, 6.07) is 0. The molecule has 0 amide bonds. The average Bonchev–Trinajstić information content (AvgIpc) is 2.14. The first kappa shape index (κ1) is 5.89. The topological polar surface area (TPSA) is 17.1 Å². The summed E-state index contributed by atoms with van der Waals surface area (Å²) in [5.74, 6) is 0.985. The van der Waals surface area contributed by atoms with Crippen molar-refractivity contribution in [3.63, 3.8) is 0 Å². The third-order valence-electron chi connectivity index (χ3n) is 1.22.